The summed E-state index contributed by atoms with van der Waals surface area (Å²) in [6, 6.07) is 20.3. The van der Waals surface area contributed by atoms with Gasteiger partial charge in [0, 0.05) is 5.41 Å². The van der Waals surface area contributed by atoms with Crippen LogP contribution in [-0.4, -0.2) is 54.3 Å². The Labute approximate surface area is 317 Å². The second-order valence-corrected chi connectivity index (χ2v) is 14.5. The van der Waals surface area contributed by atoms with Gasteiger partial charge in [-0.15, -0.1) is 0 Å². The summed E-state index contributed by atoms with van der Waals surface area (Å²) in [5, 5.41) is 0. The average Bonchev–Trinajstić information content (AvgIpc) is 3.09. The van der Waals surface area contributed by atoms with E-state index in [4.69, 9.17) is 14.2 Å². The van der Waals surface area contributed by atoms with E-state index in [1.165, 1.54) is 33.4 Å². The third-order valence-electron chi connectivity index (χ3n) is 8.41. The zero-order valence-electron chi connectivity index (χ0n) is 27.8. The van der Waals surface area contributed by atoms with E-state index in [-0.39, 0.29) is 0 Å². The predicted octanol–water partition coefficient (Wildman–Crippen LogP) is 9.72. The normalized spacial score (nSPS) is 11.6. The van der Waals surface area contributed by atoms with E-state index in [2.05, 4.69) is 137 Å². The molecule has 0 bridgehead atoms. The van der Waals surface area contributed by atoms with Crippen LogP contribution in [0, 0.1) is 0 Å². The lowest BCUT2D eigenvalue weighted by Gasteiger charge is -2.34. The van der Waals surface area contributed by atoms with Crippen LogP contribution in [0.4, 0.5) is 0 Å². The quantitative estimate of drug-likeness (QED) is 0.0313. The second kappa shape index (κ2) is 22.8. The summed E-state index contributed by atoms with van der Waals surface area (Å²) in [4.78, 5) is 0. The summed E-state index contributed by atoms with van der Waals surface area (Å²) in [6.45, 7) is 4.31. The van der Waals surface area contributed by atoms with Gasteiger partial charge < -0.3 is 14.2 Å². The lowest BCUT2D eigenvalue weighted by Crippen LogP contribution is -2.26. The Kier molecular flexibility index (Phi) is 19.7. The van der Waals surface area contributed by atoms with E-state index in [1.807, 2.05) is 0 Å². The Hall–Kier alpha value is -0.840. The Balaban J connectivity index is 2.24. The van der Waals surface area contributed by atoms with Gasteiger partial charge in [-0.1, -0.05) is 36.4 Å². The van der Waals surface area contributed by atoms with E-state index in [0.29, 0.717) is 19.8 Å². The summed E-state index contributed by atoms with van der Waals surface area (Å²) in [5.41, 5.74) is 6.85. The van der Waals surface area contributed by atoms with Gasteiger partial charge >= 0.3 is 0 Å². The van der Waals surface area contributed by atoms with E-state index < -0.39 is 5.41 Å². The molecule has 0 saturated carbocycles. The van der Waals surface area contributed by atoms with Gasteiger partial charge in [-0.3, -0.25) is 0 Å². The molecule has 3 aromatic carbocycles. The number of hydrogen-bond acceptors (Lipinski definition) is 9. The van der Waals surface area contributed by atoms with Gasteiger partial charge in [-0.05, 0) is 151 Å². The first kappa shape index (κ1) is 40.6. The molecule has 9 heteroatoms. The van der Waals surface area contributed by atoms with Crippen LogP contribution >= 0.6 is 75.8 Å². The van der Waals surface area contributed by atoms with Crippen LogP contribution in [0.5, 0.6) is 17.2 Å². The topological polar surface area (TPSA) is 27.7 Å². The third-order valence-corrected chi connectivity index (χ3v) is 10.3. The zero-order valence-corrected chi connectivity index (χ0v) is 33.2. The van der Waals surface area contributed by atoms with Crippen LogP contribution in [0.2, 0.25) is 0 Å². The van der Waals surface area contributed by atoms with Crippen LogP contribution in [0.25, 0.3) is 0 Å². The highest BCUT2D eigenvalue weighted by Crippen LogP contribution is 2.43. The Morgan fingerprint density at radius 3 is 0.957 bits per heavy atom. The average molecular weight is 751 g/mol. The fraction of sp³-hybridized carbons (Fsp3) is 0.526. The maximum Gasteiger partial charge on any atom is 0.122 e. The molecule has 0 aromatic heterocycles. The van der Waals surface area contributed by atoms with Crippen molar-refractivity contribution in [2.45, 2.75) is 70.1 Å². The lowest BCUT2D eigenvalue weighted by molar-refractivity contribution is 0.315. The van der Waals surface area contributed by atoms with Crippen molar-refractivity contribution in [2.24, 2.45) is 0 Å². The molecule has 0 heterocycles. The minimum Gasteiger partial charge on any atom is -0.493 e. The number of aryl methyl sites for hydroxylation is 3. The van der Waals surface area contributed by atoms with E-state index in [9.17, 15) is 0 Å². The number of rotatable bonds is 24. The third kappa shape index (κ3) is 12.2. The molecular weight excluding hydrogens is 697 g/mol. The van der Waals surface area contributed by atoms with Crippen LogP contribution in [-0.2, 0) is 24.7 Å². The summed E-state index contributed by atoms with van der Waals surface area (Å²) < 4.78 is 18.8. The maximum atomic E-state index is 6.27. The van der Waals surface area contributed by atoms with E-state index in [1.54, 1.807) is 0 Å². The highest BCUT2D eigenvalue weighted by Gasteiger charge is 2.33. The molecule has 0 aliphatic heterocycles. The van der Waals surface area contributed by atoms with Crippen molar-refractivity contribution in [3.05, 3.63) is 88.0 Å². The molecule has 0 fully saturated rings. The van der Waals surface area contributed by atoms with Gasteiger partial charge in [0.25, 0.3) is 0 Å². The molecule has 0 amide bonds. The van der Waals surface area contributed by atoms with Gasteiger partial charge in [0.1, 0.15) is 17.2 Å². The fourth-order valence-corrected chi connectivity index (χ4v) is 6.59. The number of ether oxygens (including phenoxy) is 3. The predicted molar refractivity (Wildman–Crippen MR) is 223 cm³/mol. The summed E-state index contributed by atoms with van der Waals surface area (Å²) in [5.74, 6) is 7.72. The molecule has 0 aliphatic carbocycles. The van der Waals surface area contributed by atoms with Crippen molar-refractivity contribution < 1.29 is 14.2 Å². The van der Waals surface area contributed by atoms with Gasteiger partial charge in [0.15, 0.2) is 0 Å². The van der Waals surface area contributed by atoms with E-state index >= 15 is 0 Å². The van der Waals surface area contributed by atoms with Gasteiger partial charge in [0.2, 0.25) is 0 Å². The summed E-state index contributed by atoms with van der Waals surface area (Å²) >= 11 is 26.7. The zero-order chi connectivity index (χ0) is 33.9. The first-order chi connectivity index (χ1) is 23.0. The number of benzene rings is 3. The molecule has 0 radical (unpaired) electrons. The van der Waals surface area contributed by atoms with Crippen molar-refractivity contribution in [3.63, 3.8) is 0 Å². The molecule has 0 N–H and O–H groups in total. The monoisotopic (exact) mass is 750 g/mol. The highest BCUT2D eigenvalue weighted by atomic mass is 32.1. The van der Waals surface area contributed by atoms with Crippen LogP contribution in [0.15, 0.2) is 54.6 Å². The molecule has 0 unspecified atom stereocenters. The van der Waals surface area contributed by atoms with Crippen molar-refractivity contribution >= 4 is 75.8 Å². The molecule has 0 aliphatic rings. The standard InChI is InChI=1S/C38H54O3S6/c1-38(32-11-14-35(39-17-5-23-45)29(26-32)8-2-20-42,33-12-15-36(40-18-6-24-46)30(27-33)9-3-21-43)34-13-16-37(41-19-7-25-47)31(28-34)10-4-22-44/h11-16,26-28,42-47H,2-10,17-25H2,1H3. The smallest absolute Gasteiger partial charge is 0.122 e. The van der Waals surface area contributed by atoms with Gasteiger partial charge in [0.05, 0.1) is 19.8 Å². The van der Waals surface area contributed by atoms with Crippen molar-refractivity contribution in [1.29, 1.82) is 0 Å². The van der Waals surface area contributed by atoms with Crippen molar-refractivity contribution in [1.82, 2.24) is 0 Å². The summed E-state index contributed by atoms with van der Waals surface area (Å²) in [6.07, 6.45) is 8.36. The molecule has 0 atom stereocenters. The highest BCUT2D eigenvalue weighted by molar-refractivity contribution is 7.81. The minimum absolute atomic E-state index is 0.460. The second-order valence-electron chi connectivity index (χ2n) is 11.9. The molecule has 0 saturated heterocycles. The molecule has 3 aromatic rings. The molecule has 0 spiro atoms. The minimum atomic E-state index is -0.460. The Bertz CT molecular complexity index is 1180. The molecule has 260 valence electrons. The maximum absolute atomic E-state index is 6.27. The summed E-state index contributed by atoms with van der Waals surface area (Å²) in [7, 11) is 0. The Morgan fingerprint density at radius 1 is 0.426 bits per heavy atom. The largest absolute Gasteiger partial charge is 0.493 e. The molecule has 47 heavy (non-hydrogen) atoms. The van der Waals surface area contributed by atoms with Crippen LogP contribution < -0.4 is 14.2 Å². The van der Waals surface area contributed by atoms with Gasteiger partial charge in [-0.2, -0.15) is 75.8 Å². The SMILES string of the molecule is CC(c1ccc(OCCCS)c(CCCS)c1)(c1ccc(OCCCS)c(CCCS)c1)c1ccc(OCCCS)c(CCCS)c1. The van der Waals surface area contributed by atoms with Gasteiger partial charge in [-0.25, -0.2) is 0 Å². The number of thiol groups is 6. The van der Waals surface area contributed by atoms with Crippen molar-refractivity contribution in [2.75, 3.05) is 54.3 Å². The molecule has 3 rings (SSSR count). The number of hydrogen-bond donors (Lipinski definition) is 6. The molecule has 3 nitrogen and oxygen atoms in total. The van der Waals surface area contributed by atoms with Crippen molar-refractivity contribution in [3.8, 4) is 17.2 Å². The first-order valence-electron chi connectivity index (χ1n) is 16.9. The van der Waals surface area contributed by atoms with E-state index in [0.717, 1.165) is 110 Å². The molecular formula is C38H54O3S6. The first-order valence-corrected chi connectivity index (χ1v) is 20.7. The lowest BCUT2D eigenvalue weighted by atomic mass is 9.69. The Morgan fingerprint density at radius 2 is 0.702 bits per heavy atom. The van der Waals surface area contributed by atoms with Crippen LogP contribution in [0.1, 0.15) is 78.8 Å². The van der Waals surface area contributed by atoms with Crippen LogP contribution in [0.3, 0.4) is 0 Å². The fourth-order valence-electron chi connectivity index (χ4n) is 5.73.